The van der Waals surface area contributed by atoms with Crippen LogP contribution >= 0.6 is 0 Å². The highest BCUT2D eigenvalue weighted by Crippen LogP contribution is 2.48. The molecule has 2 N–H and O–H groups in total. The van der Waals surface area contributed by atoms with E-state index in [-0.39, 0.29) is 6.54 Å². The Morgan fingerprint density at radius 3 is 2.60 bits per heavy atom. The molecular weight excluding hydrogens is 532 g/mol. The number of amides is 1. The molecule has 4 heterocycles. The molecule has 0 unspecified atom stereocenters. The Kier molecular flexibility index (Phi) is 6.48. The van der Waals surface area contributed by atoms with Crippen molar-refractivity contribution >= 4 is 28.6 Å². The third-order valence-corrected chi connectivity index (χ3v) is 7.08. The lowest BCUT2D eigenvalue weighted by Gasteiger charge is -2.26. The van der Waals surface area contributed by atoms with Crippen molar-refractivity contribution in [3.8, 4) is 39.8 Å². The van der Waals surface area contributed by atoms with E-state index in [4.69, 9.17) is 19.9 Å². The number of nitrogens with two attached hydrogens (primary N) is 1. The van der Waals surface area contributed by atoms with Crippen molar-refractivity contribution < 1.29 is 19.0 Å². The summed E-state index contributed by atoms with van der Waals surface area (Å²) in [4.78, 5) is 29.0. The van der Waals surface area contributed by atoms with Crippen LogP contribution in [0.3, 0.4) is 0 Å². The summed E-state index contributed by atoms with van der Waals surface area (Å²) in [5.74, 6) is 2.11. The molecule has 0 bridgehead atoms. The van der Waals surface area contributed by atoms with Gasteiger partial charge in [0.1, 0.15) is 29.1 Å². The third-order valence-electron chi connectivity index (χ3n) is 7.08. The monoisotopic (exact) mass is 564 g/mol. The van der Waals surface area contributed by atoms with Crippen molar-refractivity contribution in [1.29, 1.82) is 0 Å². The number of hydrogen-bond donors (Lipinski definition) is 1. The minimum atomic E-state index is -0.703. The standard InChI is InChI=1S/C32H32N6O4/c1-18-8-7-9-25(36-18)41-21-11-12-22-20(14-21)16-38(31(39)42-32(2,3)4)30-27-26(22)28(37(5)29(27)34-17-35-30)19-10-13-23(33)24(15-19)40-6/h7-15,17H,16,33H2,1-6H3. The Morgan fingerprint density at radius 2 is 1.86 bits per heavy atom. The highest BCUT2D eigenvalue weighted by Gasteiger charge is 2.34. The highest BCUT2D eigenvalue weighted by atomic mass is 16.6. The van der Waals surface area contributed by atoms with E-state index in [0.717, 1.165) is 39.0 Å². The van der Waals surface area contributed by atoms with Crippen molar-refractivity contribution in [3.05, 3.63) is 72.2 Å². The van der Waals surface area contributed by atoms with Crippen LogP contribution in [0.2, 0.25) is 0 Å². The number of nitrogen functional groups attached to an aromatic ring is 1. The van der Waals surface area contributed by atoms with Gasteiger partial charge in [-0.2, -0.15) is 0 Å². The molecule has 0 fully saturated rings. The molecule has 214 valence electrons. The first-order valence-electron chi connectivity index (χ1n) is 13.6. The lowest BCUT2D eigenvalue weighted by atomic mass is 9.95. The summed E-state index contributed by atoms with van der Waals surface area (Å²) in [6, 6.07) is 17.1. The predicted octanol–water partition coefficient (Wildman–Crippen LogP) is 6.64. The average Bonchev–Trinajstić information content (AvgIpc) is 3.14. The fraction of sp³-hybridized carbons (Fsp3) is 0.250. The van der Waals surface area contributed by atoms with Gasteiger partial charge in [-0.25, -0.2) is 19.7 Å². The second kappa shape index (κ2) is 10.1. The van der Waals surface area contributed by atoms with Crippen molar-refractivity contribution in [2.24, 2.45) is 7.05 Å². The summed E-state index contributed by atoms with van der Waals surface area (Å²) < 4.78 is 19.5. The fourth-order valence-corrected chi connectivity index (χ4v) is 5.32. The zero-order valence-electron chi connectivity index (χ0n) is 24.4. The number of rotatable bonds is 4. The molecular formula is C32H32N6O4. The molecule has 6 rings (SSSR count). The molecule has 0 spiro atoms. The number of methoxy groups -OCH3 is 1. The number of anilines is 2. The first-order valence-corrected chi connectivity index (χ1v) is 13.6. The van der Waals surface area contributed by atoms with Gasteiger partial charge in [0.25, 0.3) is 0 Å². The molecule has 2 aromatic carbocycles. The number of hydrogen-bond acceptors (Lipinski definition) is 8. The van der Waals surface area contributed by atoms with Crippen LogP contribution in [0.15, 0.2) is 60.9 Å². The Balaban J connectivity index is 1.61. The lowest BCUT2D eigenvalue weighted by molar-refractivity contribution is 0.0577. The molecule has 42 heavy (non-hydrogen) atoms. The predicted molar refractivity (Wildman–Crippen MR) is 162 cm³/mol. The van der Waals surface area contributed by atoms with Gasteiger partial charge in [-0.3, -0.25) is 4.90 Å². The number of carbonyl (C=O) groups excluding carboxylic acids is 1. The van der Waals surface area contributed by atoms with E-state index in [1.807, 2.05) is 93.9 Å². The van der Waals surface area contributed by atoms with Crippen LogP contribution < -0.4 is 20.1 Å². The van der Waals surface area contributed by atoms with Crippen molar-refractivity contribution in [2.75, 3.05) is 17.7 Å². The highest BCUT2D eigenvalue weighted by molar-refractivity contribution is 6.12. The average molecular weight is 565 g/mol. The normalized spacial score (nSPS) is 12.6. The molecule has 1 amide bonds. The Morgan fingerprint density at radius 1 is 1.05 bits per heavy atom. The molecule has 1 aliphatic heterocycles. The smallest absolute Gasteiger partial charge is 0.416 e. The summed E-state index contributed by atoms with van der Waals surface area (Å²) in [6.07, 6.45) is 0.965. The number of pyridine rings is 1. The van der Waals surface area contributed by atoms with Crippen LogP contribution in [0.5, 0.6) is 17.4 Å². The van der Waals surface area contributed by atoms with Crippen LogP contribution in [0, 0.1) is 6.92 Å². The fourth-order valence-electron chi connectivity index (χ4n) is 5.32. The van der Waals surface area contributed by atoms with Crippen LogP contribution in [0.25, 0.3) is 33.4 Å². The maximum Gasteiger partial charge on any atom is 0.416 e. The SMILES string of the molecule is COc1cc(-c2c3c4c(ncnc4n2C)N(C(=O)OC(C)(C)C)Cc2cc(Oc4cccc(C)n4)ccc2-3)ccc1N. The summed E-state index contributed by atoms with van der Waals surface area (Å²) in [5.41, 5.74) is 11.9. The molecule has 1 aliphatic rings. The number of aryl methyl sites for hydroxylation is 2. The summed E-state index contributed by atoms with van der Waals surface area (Å²) in [7, 11) is 3.54. The van der Waals surface area contributed by atoms with E-state index in [0.29, 0.717) is 34.5 Å². The van der Waals surface area contributed by atoms with Crippen molar-refractivity contribution in [3.63, 3.8) is 0 Å². The number of ether oxygens (including phenoxy) is 3. The van der Waals surface area contributed by atoms with E-state index in [2.05, 4.69) is 15.0 Å². The topological polar surface area (TPSA) is 118 Å². The van der Waals surface area contributed by atoms with Gasteiger partial charge in [0, 0.05) is 29.9 Å². The van der Waals surface area contributed by atoms with Crippen molar-refractivity contribution in [2.45, 2.75) is 39.8 Å². The number of nitrogens with zero attached hydrogens (tertiary/aromatic N) is 5. The second-order valence-corrected chi connectivity index (χ2v) is 11.2. The minimum absolute atomic E-state index is 0.206. The Labute approximate surface area is 243 Å². The molecule has 10 heteroatoms. The third kappa shape index (κ3) is 4.74. The number of aromatic nitrogens is 4. The van der Waals surface area contributed by atoms with Crippen LogP contribution in [-0.4, -0.2) is 38.3 Å². The maximum absolute atomic E-state index is 13.7. The Bertz CT molecular complexity index is 1860. The van der Waals surface area contributed by atoms with Crippen LogP contribution in [0.1, 0.15) is 32.0 Å². The van der Waals surface area contributed by atoms with Gasteiger partial charge in [0.2, 0.25) is 5.88 Å². The van der Waals surface area contributed by atoms with E-state index in [1.165, 1.54) is 6.33 Å². The number of benzene rings is 2. The van der Waals surface area contributed by atoms with Gasteiger partial charge in [-0.05, 0) is 69.2 Å². The quantitative estimate of drug-likeness (QED) is 0.241. The molecule has 0 saturated carbocycles. The first-order chi connectivity index (χ1) is 20.0. The lowest BCUT2D eigenvalue weighted by Crippen LogP contribution is -2.37. The number of carbonyl (C=O) groups is 1. The molecule has 5 aromatic rings. The zero-order chi connectivity index (χ0) is 29.8. The first kappa shape index (κ1) is 27.1. The van der Waals surface area contributed by atoms with Gasteiger partial charge in [-0.15, -0.1) is 0 Å². The molecule has 0 radical (unpaired) electrons. The summed E-state index contributed by atoms with van der Waals surface area (Å²) >= 11 is 0. The van der Waals surface area contributed by atoms with Gasteiger partial charge >= 0.3 is 6.09 Å². The van der Waals surface area contributed by atoms with Crippen molar-refractivity contribution in [1.82, 2.24) is 19.5 Å². The van der Waals surface area contributed by atoms with Gasteiger partial charge < -0.3 is 24.5 Å². The molecule has 3 aromatic heterocycles. The minimum Gasteiger partial charge on any atom is -0.495 e. The van der Waals surface area contributed by atoms with Gasteiger partial charge in [0.15, 0.2) is 5.82 Å². The van der Waals surface area contributed by atoms with E-state index in [9.17, 15) is 4.79 Å². The van der Waals surface area contributed by atoms with Crippen LogP contribution in [0.4, 0.5) is 16.3 Å². The van der Waals surface area contributed by atoms with Gasteiger partial charge in [0.05, 0.1) is 30.4 Å². The molecule has 0 atom stereocenters. The zero-order valence-corrected chi connectivity index (χ0v) is 24.4. The van der Waals surface area contributed by atoms with E-state index in [1.54, 1.807) is 12.0 Å². The maximum atomic E-state index is 13.7. The largest absolute Gasteiger partial charge is 0.495 e. The van der Waals surface area contributed by atoms with E-state index >= 15 is 0 Å². The second-order valence-electron chi connectivity index (χ2n) is 11.2. The molecule has 0 aliphatic carbocycles. The van der Waals surface area contributed by atoms with E-state index < -0.39 is 11.7 Å². The summed E-state index contributed by atoms with van der Waals surface area (Å²) in [6.45, 7) is 7.64. The molecule has 0 saturated heterocycles. The molecule has 10 nitrogen and oxygen atoms in total. The van der Waals surface area contributed by atoms with Crippen LogP contribution in [-0.2, 0) is 18.3 Å². The van der Waals surface area contributed by atoms with Gasteiger partial charge in [-0.1, -0.05) is 18.2 Å². The summed E-state index contributed by atoms with van der Waals surface area (Å²) in [5, 5.41) is 0.740. The Hall–Kier alpha value is -5.12. The number of fused-ring (bicyclic) bond motifs is 2.